The van der Waals surface area contributed by atoms with E-state index in [9.17, 15) is 18.0 Å². The van der Waals surface area contributed by atoms with E-state index in [0.29, 0.717) is 23.0 Å². The van der Waals surface area contributed by atoms with Crippen LogP contribution in [0.15, 0.2) is 54.9 Å². The van der Waals surface area contributed by atoms with Crippen molar-refractivity contribution in [1.82, 2.24) is 25.3 Å². The number of aromatic amines is 1. The Kier molecular flexibility index (Phi) is 7.18. The summed E-state index contributed by atoms with van der Waals surface area (Å²) in [4.78, 5) is 12.2. The highest BCUT2D eigenvalue weighted by molar-refractivity contribution is 6.35. The van der Waals surface area contributed by atoms with Gasteiger partial charge in [0.15, 0.2) is 5.69 Å². The number of hydrogen-bond acceptors (Lipinski definition) is 3. The molecule has 0 atom stereocenters. The molecule has 0 spiro atoms. The molecule has 6 nitrogen and oxygen atoms in total. The number of hydrogen-bond donors (Lipinski definition) is 2. The van der Waals surface area contributed by atoms with Crippen molar-refractivity contribution in [2.75, 3.05) is 0 Å². The quantitative estimate of drug-likeness (QED) is 0.322. The van der Waals surface area contributed by atoms with Gasteiger partial charge in [-0.15, -0.1) is 0 Å². The first-order chi connectivity index (χ1) is 16.6. The number of aryl methyl sites for hydroxylation is 1. The lowest BCUT2D eigenvalue weighted by molar-refractivity contribution is -0.141. The summed E-state index contributed by atoms with van der Waals surface area (Å²) in [6.07, 6.45) is -1.30. The van der Waals surface area contributed by atoms with Gasteiger partial charge in [0.05, 0.1) is 24.0 Å². The molecule has 0 aliphatic rings. The number of carbonyl (C=O) groups excluding carboxylic acids is 1. The molecule has 1 amide bonds. The summed E-state index contributed by atoms with van der Waals surface area (Å²) < 4.78 is 40.6. The highest BCUT2D eigenvalue weighted by Gasteiger charge is 2.37. The van der Waals surface area contributed by atoms with E-state index < -0.39 is 23.3 Å². The second-order valence-electron chi connectivity index (χ2n) is 7.99. The SMILES string of the molecule is Cc1cn(Cc2c(Cl)cccc2Cl)nc1Cc1ccc(CNC(=O)c2cn[nH]c2C(F)(F)F)cc1. The van der Waals surface area contributed by atoms with Crippen LogP contribution in [0.3, 0.4) is 0 Å². The topological polar surface area (TPSA) is 75.6 Å². The van der Waals surface area contributed by atoms with Crippen LogP contribution < -0.4 is 5.32 Å². The minimum absolute atomic E-state index is 0.0772. The van der Waals surface area contributed by atoms with Crippen LogP contribution in [-0.2, 0) is 25.7 Å². The van der Waals surface area contributed by atoms with Crippen LogP contribution in [0.5, 0.6) is 0 Å². The minimum Gasteiger partial charge on any atom is -0.348 e. The normalized spacial score (nSPS) is 11.6. The van der Waals surface area contributed by atoms with Gasteiger partial charge in [-0.2, -0.15) is 23.4 Å². The first-order valence-electron chi connectivity index (χ1n) is 10.5. The molecule has 0 fully saturated rings. The van der Waals surface area contributed by atoms with E-state index in [1.807, 2.05) is 42.5 Å². The molecule has 11 heteroatoms. The first kappa shape index (κ1) is 24.8. The van der Waals surface area contributed by atoms with Gasteiger partial charge in [0.25, 0.3) is 5.91 Å². The van der Waals surface area contributed by atoms with Crippen molar-refractivity contribution < 1.29 is 18.0 Å². The number of H-pyrrole nitrogens is 1. The van der Waals surface area contributed by atoms with E-state index >= 15 is 0 Å². The Labute approximate surface area is 209 Å². The molecule has 2 aromatic heterocycles. The molecular formula is C24H20Cl2F3N5O. The maximum Gasteiger partial charge on any atom is 0.433 e. The third kappa shape index (κ3) is 5.86. The van der Waals surface area contributed by atoms with E-state index in [2.05, 4.69) is 15.5 Å². The molecule has 0 radical (unpaired) electrons. The molecule has 2 N–H and O–H groups in total. The third-order valence-electron chi connectivity index (χ3n) is 5.44. The first-order valence-corrected chi connectivity index (χ1v) is 11.3. The van der Waals surface area contributed by atoms with Crippen LogP contribution in [0.2, 0.25) is 10.0 Å². The van der Waals surface area contributed by atoms with Crippen LogP contribution in [0.25, 0.3) is 0 Å². The average Bonchev–Trinajstić information content (AvgIpc) is 3.43. The van der Waals surface area contributed by atoms with Crippen LogP contribution >= 0.6 is 23.2 Å². The summed E-state index contributed by atoms with van der Waals surface area (Å²) in [6.45, 7) is 2.50. The maximum atomic E-state index is 12.9. The molecule has 0 saturated heterocycles. The number of alkyl halides is 3. The molecule has 0 unspecified atom stereocenters. The standard InChI is InChI=1S/C24H20Cl2F3N5O/c1-14-12-34(13-18-19(25)3-2-4-20(18)26)33-21(14)9-15-5-7-16(8-6-15)10-30-23(35)17-11-31-32-22(17)24(27,28)29/h2-8,11-12H,9-10,13H2,1H3,(H,30,35)(H,31,32). The van der Waals surface area contributed by atoms with E-state index in [0.717, 1.165) is 34.1 Å². The molecular weight excluding hydrogens is 502 g/mol. The lowest BCUT2D eigenvalue weighted by Crippen LogP contribution is -2.25. The average molecular weight is 522 g/mol. The predicted octanol–water partition coefficient (Wildman–Crippen LogP) is 5.81. The summed E-state index contributed by atoms with van der Waals surface area (Å²) >= 11 is 12.5. The molecule has 0 bridgehead atoms. The number of nitrogens with one attached hydrogen (secondary N) is 2. The van der Waals surface area contributed by atoms with Gasteiger partial charge in [-0.25, -0.2) is 0 Å². The molecule has 4 rings (SSSR count). The number of nitrogens with zero attached hydrogens (tertiary/aromatic N) is 3. The molecule has 4 aromatic rings. The lowest BCUT2D eigenvalue weighted by atomic mass is 10.1. The Morgan fingerprint density at radius 1 is 1.09 bits per heavy atom. The Hall–Kier alpha value is -3.30. The number of carbonyl (C=O) groups is 1. The zero-order valence-electron chi connectivity index (χ0n) is 18.5. The van der Waals surface area contributed by atoms with Crippen LogP contribution in [0, 0.1) is 6.92 Å². The molecule has 0 aliphatic carbocycles. The Morgan fingerprint density at radius 2 is 1.74 bits per heavy atom. The fourth-order valence-corrected chi connectivity index (χ4v) is 4.10. The predicted molar refractivity (Wildman–Crippen MR) is 127 cm³/mol. The fraction of sp³-hybridized carbons (Fsp3) is 0.208. The van der Waals surface area contributed by atoms with Crippen molar-refractivity contribution in [3.63, 3.8) is 0 Å². The van der Waals surface area contributed by atoms with Gasteiger partial charge in [-0.05, 0) is 35.7 Å². The third-order valence-corrected chi connectivity index (χ3v) is 6.15. The Morgan fingerprint density at radius 3 is 2.40 bits per heavy atom. The molecule has 182 valence electrons. The lowest BCUT2D eigenvalue weighted by Gasteiger charge is -2.09. The number of aromatic nitrogens is 4. The zero-order valence-corrected chi connectivity index (χ0v) is 20.0. The highest BCUT2D eigenvalue weighted by Crippen LogP contribution is 2.30. The van der Waals surface area contributed by atoms with Gasteiger partial charge in [-0.1, -0.05) is 53.5 Å². The van der Waals surface area contributed by atoms with Crippen molar-refractivity contribution in [3.8, 4) is 0 Å². The second-order valence-corrected chi connectivity index (χ2v) is 8.80. The van der Waals surface area contributed by atoms with E-state index in [1.165, 1.54) is 0 Å². The zero-order chi connectivity index (χ0) is 25.2. The molecule has 2 heterocycles. The summed E-state index contributed by atoms with van der Waals surface area (Å²) in [6, 6.07) is 12.8. The number of halogens is 5. The number of amides is 1. The fourth-order valence-electron chi connectivity index (χ4n) is 3.58. The minimum atomic E-state index is -4.68. The highest BCUT2D eigenvalue weighted by atomic mass is 35.5. The second kappa shape index (κ2) is 10.1. The van der Waals surface area contributed by atoms with E-state index in [-0.39, 0.29) is 6.54 Å². The number of rotatable bonds is 7. The van der Waals surface area contributed by atoms with Crippen molar-refractivity contribution in [2.24, 2.45) is 0 Å². The van der Waals surface area contributed by atoms with Gasteiger partial charge in [-0.3, -0.25) is 14.6 Å². The van der Waals surface area contributed by atoms with Crippen LogP contribution in [0.1, 0.15) is 44.0 Å². The summed E-state index contributed by atoms with van der Waals surface area (Å²) in [5.74, 6) is -0.852. The summed E-state index contributed by atoms with van der Waals surface area (Å²) in [7, 11) is 0. The van der Waals surface area contributed by atoms with Crippen LogP contribution in [-0.4, -0.2) is 25.9 Å². The molecule has 2 aromatic carbocycles. The Bertz CT molecular complexity index is 1330. The van der Waals surface area contributed by atoms with Gasteiger partial charge in [0.1, 0.15) is 0 Å². The van der Waals surface area contributed by atoms with Crippen molar-refractivity contribution in [3.05, 3.63) is 104 Å². The van der Waals surface area contributed by atoms with Crippen molar-refractivity contribution >= 4 is 29.1 Å². The number of benzene rings is 2. The summed E-state index contributed by atoms with van der Waals surface area (Å²) in [5, 5.41) is 13.5. The molecule has 0 aliphatic heterocycles. The van der Waals surface area contributed by atoms with Gasteiger partial charge < -0.3 is 5.32 Å². The van der Waals surface area contributed by atoms with Crippen molar-refractivity contribution in [1.29, 1.82) is 0 Å². The van der Waals surface area contributed by atoms with Crippen molar-refractivity contribution in [2.45, 2.75) is 32.6 Å². The van der Waals surface area contributed by atoms with Gasteiger partial charge >= 0.3 is 6.18 Å². The summed E-state index contributed by atoms with van der Waals surface area (Å²) in [5.41, 5.74) is 2.75. The van der Waals surface area contributed by atoms with Gasteiger partial charge in [0.2, 0.25) is 0 Å². The molecule has 0 saturated carbocycles. The van der Waals surface area contributed by atoms with E-state index in [1.54, 1.807) is 22.9 Å². The van der Waals surface area contributed by atoms with Gasteiger partial charge in [0, 0.05) is 34.8 Å². The Balaban J connectivity index is 1.38. The maximum absolute atomic E-state index is 12.9. The van der Waals surface area contributed by atoms with Crippen LogP contribution in [0.4, 0.5) is 13.2 Å². The monoisotopic (exact) mass is 521 g/mol. The van der Waals surface area contributed by atoms with E-state index in [4.69, 9.17) is 23.2 Å². The largest absolute Gasteiger partial charge is 0.433 e. The molecule has 35 heavy (non-hydrogen) atoms. The smallest absolute Gasteiger partial charge is 0.348 e.